The highest BCUT2D eigenvalue weighted by Gasteiger charge is 2.22. The maximum absolute atomic E-state index is 13.9. The highest BCUT2D eigenvalue weighted by molar-refractivity contribution is 5.97. The van der Waals surface area contributed by atoms with E-state index in [1.807, 2.05) is 0 Å². The number of carbonyl (C=O) groups excluding carboxylic acids is 1. The molecule has 0 saturated carbocycles. The number of carboxylic acid groups (broad SMARTS) is 1. The molecule has 0 heterocycles. The fourth-order valence-corrected chi connectivity index (χ4v) is 2.04. The summed E-state index contributed by atoms with van der Waals surface area (Å²) in [4.78, 5) is 23.1. The van der Waals surface area contributed by atoms with Gasteiger partial charge in [0, 0.05) is 6.42 Å². The van der Waals surface area contributed by atoms with Crippen LogP contribution in [0.3, 0.4) is 0 Å². The third kappa shape index (κ3) is 5.07. The zero-order valence-electron chi connectivity index (χ0n) is 12.3. The molecule has 0 unspecified atom stereocenters. The number of benzene rings is 2. The van der Waals surface area contributed by atoms with Gasteiger partial charge in [0.05, 0.1) is 0 Å². The Morgan fingerprint density at radius 3 is 2.17 bits per heavy atom. The fraction of sp³-hybridized carbons (Fsp3) is 0.111. The van der Waals surface area contributed by atoms with Gasteiger partial charge in [0.15, 0.2) is 5.83 Å². The molecular formula is C18H16FNO3. The molecule has 0 aliphatic heterocycles. The monoisotopic (exact) mass is 313 g/mol. The minimum atomic E-state index is -1.21. The second kappa shape index (κ2) is 7.89. The molecule has 2 N–H and O–H groups in total. The number of carboxylic acids is 1. The molecule has 1 atom stereocenters. The standard InChI is InChI=1S/C18H16FNO3/c19-15(11-13-7-3-1-4-8-13)17(21)20-16(18(22)23)12-14-9-5-2-6-10-14/h1-11,16H,12H2,(H,20,21)(H,22,23)/t16-/m1/s1. The number of nitrogens with one attached hydrogen (secondary N) is 1. The molecule has 0 aliphatic rings. The third-order valence-electron chi connectivity index (χ3n) is 3.20. The molecule has 0 radical (unpaired) electrons. The fourth-order valence-electron chi connectivity index (χ4n) is 2.04. The Hall–Kier alpha value is -2.95. The SMILES string of the molecule is O=C(N[C@H](Cc1ccccc1)C(=O)O)C(F)=Cc1ccccc1. The normalized spacial score (nSPS) is 12.5. The smallest absolute Gasteiger partial charge is 0.326 e. The van der Waals surface area contributed by atoms with Gasteiger partial charge >= 0.3 is 5.97 Å². The number of hydrogen-bond acceptors (Lipinski definition) is 2. The van der Waals surface area contributed by atoms with Crippen LogP contribution in [0.25, 0.3) is 6.08 Å². The van der Waals surface area contributed by atoms with Crippen LogP contribution in [0.1, 0.15) is 11.1 Å². The van der Waals surface area contributed by atoms with Crippen LogP contribution in [0.2, 0.25) is 0 Å². The van der Waals surface area contributed by atoms with Gasteiger partial charge in [-0.05, 0) is 17.2 Å². The summed E-state index contributed by atoms with van der Waals surface area (Å²) in [6.45, 7) is 0. The molecule has 0 spiro atoms. The van der Waals surface area contributed by atoms with E-state index in [0.717, 1.165) is 11.6 Å². The number of carbonyl (C=O) groups is 2. The Morgan fingerprint density at radius 2 is 1.61 bits per heavy atom. The number of rotatable bonds is 6. The lowest BCUT2D eigenvalue weighted by Crippen LogP contribution is -2.42. The summed E-state index contributed by atoms with van der Waals surface area (Å²) in [6.07, 6.45) is 1.15. The van der Waals surface area contributed by atoms with E-state index in [1.54, 1.807) is 60.7 Å². The van der Waals surface area contributed by atoms with Gasteiger partial charge < -0.3 is 10.4 Å². The molecule has 4 nitrogen and oxygen atoms in total. The molecular weight excluding hydrogens is 297 g/mol. The molecule has 23 heavy (non-hydrogen) atoms. The van der Waals surface area contributed by atoms with Gasteiger partial charge in [0.25, 0.3) is 5.91 Å². The number of amides is 1. The Kier molecular flexibility index (Phi) is 5.63. The topological polar surface area (TPSA) is 66.4 Å². The summed E-state index contributed by atoms with van der Waals surface area (Å²) in [7, 11) is 0. The third-order valence-corrected chi connectivity index (χ3v) is 3.20. The molecule has 118 valence electrons. The number of aliphatic carboxylic acids is 1. The molecule has 0 saturated heterocycles. The predicted molar refractivity (Wildman–Crippen MR) is 85.2 cm³/mol. The van der Waals surface area contributed by atoms with Crippen molar-refractivity contribution in [1.29, 1.82) is 0 Å². The molecule has 0 bridgehead atoms. The van der Waals surface area contributed by atoms with Crippen molar-refractivity contribution >= 4 is 18.0 Å². The van der Waals surface area contributed by atoms with Crippen molar-refractivity contribution in [3.63, 3.8) is 0 Å². The van der Waals surface area contributed by atoms with Crippen LogP contribution >= 0.6 is 0 Å². The summed E-state index contributed by atoms with van der Waals surface area (Å²) in [5.41, 5.74) is 1.27. The molecule has 0 aromatic heterocycles. The lowest BCUT2D eigenvalue weighted by molar-refractivity contribution is -0.141. The van der Waals surface area contributed by atoms with Crippen LogP contribution in [-0.2, 0) is 16.0 Å². The van der Waals surface area contributed by atoms with Gasteiger partial charge in [-0.25, -0.2) is 9.18 Å². The molecule has 0 fully saturated rings. The molecule has 2 rings (SSSR count). The summed E-state index contributed by atoms with van der Waals surface area (Å²) >= 11 is 0. The first-order valence-corrected chi connectivity index (χ1v) is 7.06. The zero-order chi connectivity index (χ0) is 16.7. The zero-order valence-corrected chi connectivity index (χ0v) is 12.3. The van der Waals surface area contributed by atoms with Gasteiger partial charge in [-0.2, -0.15) is 0 Å². The van der Waals surface area contributed by atoms with Crippen molar-refractivity contribution in [1.82, 2.24) is 5.32 Å². The van der Waals surface area contributed by atoms with Crippen molar-refractivity contribution in [2.45, 2.75) is 12.5 Å². The Labute approximate surface area is 133 Å². The van der Waals surface area contributed by atoms with E-state index in [1.165, 1.54) is 0 Å². The van der Waals surface area contributed by atoms with Crippen molar-refractivity contribution in [3.05, 3.63) is 77.6 Å². The van der Waals surface area contributed by atoms with Crippen molar-refractivity contribution in [2.24, 2.45) is 0 Å². The van der Waals surface area contributed by atoms with Gasteiger partial charge in [0.2, 0.25) is 0 Å². The Bertz CT molecular complexity index is 699. The Balaban J connectivity index is 2.06. The summed E-state index contributed by atoms with van der Waals surface area (Å²) < 4.78 is 13.9. The number of hydrogen-bond donors (Lipinski definition) is 2. The Morgan fingerprint density at radius 1 is 1.04 bits per heavy atom. The lowest BCUT2D eigenvalue weighted by atomic mass is 10.1. The van der Waals surface area contributed by atoms with Crippen LogP contribution in [0, 0.1) is 0 Å². The maximum Gasteiger partial charge on any atom is 0.326 e. The van der Waals surface area contributed by atoms with Crippen LogP contribution in [0.5, 0.6) is 0 Å². The summed E-state index contributed by atoms with van der Waals surface area (Å²) in [5.74, 6) is -3.29. The molecule has 0 aliphatic carbocycles. The first kappa shape index (κ1) is 16.4. The highest BCUT2D eigenvalue weighted by atomic mass is 19.1. The van der Waals surface area contributed by atoms with Gasteiger partial charge in [-0.1, -0.05) is 60.7 Å². The van der Waals surface area contributed by atoms with Crippen molar-refractivity contribution < 1.29 is 19.1 Å². The molecule has 2 aromatic rings. The van der Waals surface area contributed by atoms with Crippen LogP contribution in [-0.4, -0.2) is 23.0 Å². The van der Waals surface area contributed by atoms with Crippen LogP contribution in [0.15, 0.2) is 66.5 Å². The van der Waals surface area contributed by atoms with E-state index in [-0.39, 0.29) is 6.42 Å². The number of halogens is 1. The van der Waals surface area contributed by atoms with E-state index in [2.05, 4.69) is 5.32 Å². The van der Waals surface area contributed by atoms with E-state index in [9.17, 15) is 19.1 Å². The quantitative estimate of drug-likeness (QED) is 0.806. The molecule has 1 amide bonds. The van der Waals surface area contributed by atoms with E-state index in [0.29, 0.717) is 5.56 Å². The second-order valence-corrected chi connectivity index (χ2v) is 4.96. The van der Waals surface area contributed by atoms with Crippen molar-refractivity contribution in [2.75, 3.05) is 0 Å². The predicted octanol–water partition coefficient (Wildman–Crippen LogP) is 2.81. The minimum Gasteiger partial charge on any atom is -0.480 e. The van der Waals surface area contributed by atoms with Gasteiger partial charge in [-0.3, -0.25) is 4.79 Å². The van der Waals surface area contributed by atoms with Crippen LogP contribution in [0.4, 0.5) is 4.39 Å². The second-order valence-electron chi connectivity index (χ2n) is 4.96. The first-order chi connectivity index (χ1) is 11.1. The molecule has 5 heteroatoms. The summed E-state index contributed by atoms with van der Waals surface area (Å²) in [6, 6.07) is 16.1. The largest absolute Gasteiger partial charge is 0.480 e. The summed E-state index contributed by atoms with van der Waals surface area (Å²) in [5, 5.41) is 11.4. The van der Waals surface area contributed by atoms with Crippen molar-refractivity contribution in [3.8, 4) is 0 Å². The first-order valence-electron chi connectivity index (χ1n) is 7.06. The molecule has 2 aromatic carbocycles. The van der Waals surface area contributed by atoms with E-state index < -0.39 is 23.7 Å². The highest BCUT2D eigenvalue weighted by Crippen LogP contribution is 2.09. The average molecular weight is 313 g/mol. The maximum atomic E-state index is 13.9. The van der Waals surface area contributed by atoms with Crippen LogP contribution < -0.4 is 5.32 Å². The van der Waals surface area contributed by atoms with E-state index in [4.69, 9.17) is 0 Å². The minimum absolute atomic E-state index is 0.0839. The lowest BCUT2D eigenvalue weighted by Gasteiger charge is -2.14. The van der Waals surface area contributed by atoms with Gasteiger partial charge in [-0.15, -0.1) is 0 Å². The van der Waals surface area contributed by atoms with E-state index >= 15 is 0 Å². The van der Waals surface area contributed by atoms with Gasteiger partial charge in [0.1, 0.15) is 6.04 Å². The average Bonchev–Trinajstić information content (AvgIpc) is 2.56.